The van der Waals surface area contributed by atoms with E-state index in [-0.39, 0.29) is 5.91 Å². The molecule has 7 heteroatoms. The fourth-order valence-electron chi connectivity index (χ4n) is 1.72. The average Bonchev–Trinajstić information content (AvgIpc) is 3.08. The van der Waals surface area contributed by atoms with Gasteiger partial charge in [-0.25, -0.2) is 4.98 Å². The van der Waals surface area contributed by atoms with Gasteiger partial charge in [-0.05, 0) is 18.2 Å². The van der Waals surface area contributed by atoms with Crippen molar-refractivity contribution in [1.29, 1.82) is 0 Å². The van der Waals surface area contributed by atoms with Crippen molar-refractivity contribution in [3.63, 3.8) is 0 Å². The molecule has 0 aliphatic heterocycles. The largest absolute Gasteiger partial charge is 0.297 e. The number of halogens is 2. The van der Waals surface area contributed by atoms with Gasteiger partial charge in [-0.1, -0.05) is 41.4 Å². The van der Waals surface area contributed by atoms with E-state index in [2.05, 4.69) is 10.3 Å². The smallest absolute Gasteiger partial charge is 0.267 e. The van der Waals surface area contributed by atoms with Gasteiger partial charge in [-0.15, -0.1) is 22.7 Å². The quantitative estimate of drug-likeness (QED) is 0.681. The van der Waals surface area contributed by atoms with E-state index in [1.807, 2.05) is 29.6 Å². The standard InChI is InChI=1S/C14H8Cl2N2OS2/c15-9-4-2-1-3-8(9)10-7-20-14(17-10)18-13(19)11-5-6-12(16)21-11/h1-7H,(H,17,18,19). The molecule has 0 aliphatic carbocycles. The van der Waals surface area contributed by atoms with Crippen LogP contribution in [0.1, 0.15) is 9.67 Å². The molecule has 21 heavy (non-hydrogen) atoms. The lowest BCUT2D eigenvalue weighted by molar-refractivity contribution is 0.103. The van der Waals surface area contributed by atoms with Gasteiger partial charge in [0.1, 0.15) is 0 Å². The Hall–Kier alpha value is -1.40. The number of nitrogens with zero attached hydrogens (tertiary/aromatic N) is 1. The number of aromatic nitrogens is 1. The highest BCUT2D eigenvalue weighted by Crippen LogP contribution is 2.30. The van der Waals surface area contributed by atoms with Gasteiger partial charge in [0, 0.05) is 16.0 Å². The van der Waals surface area contributed by atoms with Crippen LogP contribution in [-0.4, -0.2) is 10.9 Å². The third-order valence-corrected chi connectivity index (χ3v) is 4.99. The number of thiophene rings is 1. The van der Waals surface area contributed by atoms with Gasteiger partial charge in [0.25, 0.3) is 5.91 Å². The third kappa shape index (κ3) is 3.27. The maximum absolute atomic E-state index is 12.0. The summed E-state index contributed by atoms with van der Waals surface area (Å²) in [5, 5.41) is 5.78. The van der Waals surface area contributed by atoms with Gasteiger partial charge < -0.3 is 0 Å². The van der Waals surface area contributed by atoms with Crippen LogP contribution in [0.3, 0.4) is 0 Å². The third-order valence-electron chi connectivity index (χ3n) is 2.67. The maximum Gasteiger partial charge on any atom is 0.267 e. The Morgan fingerprint density at radius 1 is 1.14 bits per heavy atom. The molecule has 0 radical (unpaired) electrons. The van der Waals surface area contributed by atoms with Crippen molar-refractivity contribution in [2.45, 2.75) is 0 Å². The molecule has 2 aromatic heterocycles. The van der Waals surface area contributed by atoms with E-state index in [0.29, 0.717) is 19.4 Å². The van der Waals surface area contributed by atoms with E-state index in [1.165, 1.54) is 22.7 Å². The second-order valence-electron chi connectivity index (χ2n) is 4.08. The fraction of sp³-hybridized carbons (Fsp3) is 0. The average molecular weight is 355 g/mol. The second-order valence-corrected chi connectivity index (χ2v) is 7.06. The van der Waals surface area contributed by atoms with Crippen LogP contribution in [0.4, 0.5) is 5.13 Å². The van der Waals surface area contributed by atoms with Crippen LogP contribution in [0, 0.1) is 0 Å². The minimum atomic E-state index is -0.216. The van der Waals surface area contributed by atoms with Crippen molar-refractivity contribution in [2.24, 2.45) is 0 Å². The number of rotatable bonds is 3. The highest BCUT2D eigenvalue weighted by Gasteiger charge is 2.12. The van der Waals surface area contributed by atoms with Crippen LogP contribution in [0.2, 0.25) is 9.36 Å². The number of carbonyl (C=O) groups is 1. The van der Waals surface area contributed by atoms with E-state index in [0.717, 1.165) is 11.3 Å². The number of thiazole rings is 1. The van der Waals surface area contributed by atoms with E-state index in [9.17, 15) is 4.79 Å². The van der Waals surface area contributed by atoms with Crippen molar-refractivity contribution in [3.8, 4) is 11.3 Å². The van der Waals surface area contributed by atoms with Crippen molar-refractivity contribution in [1.82, 2.24) is 4.98 Å². The van der Waals surface area contributed by atoms with Gasteiger partial charge in [0.2, 0.25) is 0 Å². The molecule has 1 aromatic carbocycles. The van der Waals surface area contributed by atoms with Crippen molar-refractivity contribution < 1.29 is 4.79 Å². The Morgan fingerprint density at radius 2 is 1.95 bits per heavy atom. The molecule has 106 valence electrons. The Morgan fingerprint density at radius 3 is 2.67 bits per heavy atom. The van der Waals surface area contributed by atoms with Crippen LogP contribution in [0.25, 0.3) is 11.3 Å². The number of hydrogen-bond donors (Lipinski definition) is 1. The molecule has 0 unspecified atom stereocenters. The highest BCUT2D eigenvalue weighted by molar-refractivity contribution is 7.18. The molecule has 0 saturated heterocycles. The second kappa shape index (κ2) is 6.15. The first kappa shape index (κ1) is 14.5. The molecule has 0 aliphatic rings. The van der Waals surface area contributed by atoms with Crippen molar-refractivity contribution >= 4 is 56.9 Å². The zero-order valence-corrected chi connectivity index (χ0v) is 13.6. The van der Waals surface area contributed by atoms with E-state index in [4.69, 9.17) is 23.2 Å². The summed E-state index contributed by atoms with van der Waals surface area (Å²) in [5.41, 5.74) is 1.58. The Labute approximate surface area is 139 Å². The van der Waals surface area contributed by atoms with Crippen LogP contribution < -0.4 is 5.32 Å². The molecule has 0 atom stereocenters. The number of amides is 1. The SMILES string of the molecule is O=C(Nc1nc(-c2ccccc2Cl)cs1)c1ccc(Cl)s1. The molecule has 1 N–H and O–H groups in total. The molecular formula is C14H8Cl2N2OS2. The summed E-state index contributed by atoms with van der Waals surface area (Å²) >= 11 is 14.5. The molecule has 0 spiro atoms. The van der Waals surface area contributed by atoms with Crippen LogP contribution >= 0.6 is 45.9 Å². The summed E-state index contributed by atoms with van der Waals surface area (Å²) in [6.07, 6.45) is 0. The summed E-state index contributed by atoms with van der Waals surface area (Å²) < 4.78 is 0.580. The summed E-state index contributed by atoms with van der Waals surface area (Å²) in [5.74, 6) is -0.216. The zero-order chi connectivity index (χ0) is 14.8. The lowest BCUT2D eigenvalue weighted by Gasteiger charge is -2.00. The fourth-order valence-corrected chi connectivity index (χ4v) is 3.60. The summed E-state index contributed by atoms with van der Waals surface area (Å²) in [6.45, 7) is 0. The molecule has 3 rings (SSSR count). The monoisotopic (exact) mass is 354 g/mol. The molecule has 2 heterocycles. The number of hydrogen-bond acceptors (Lipinski definition) is 4. The predicted octanol–water partition coefficient (Wildman–Crippen LogP) is 5.43. The Kier molecular flexibility index (Phi) is 4.26. The van der Waals surface area contributed by atoms with Gasteiger partial charge in [0.15, 0.2) is 5.13 Å². The zero-order valence-electron chi connectivity index (χ0n) is 10.5. The maximum atomic E-state index is 12.0. The topological polar surface area (TPSA) is 42.0 Å². The molecule has 3 nitrogen and oxygen atoms in total. The van der Waals surface area contributed by atoms with Crippen molar-refractivity contribution in [2.75, 3.05) is 5.32 Å². The van der Waals surface area contributed by atoms with Gasteiger partial charge >= 0.3 is 0 Å². The minimum absolute atomic E-state index is 0.216. The molecule has 0 bridgehead atoms. The number of benzene rings is 1. The highest BCUT2D eigenvalue weighted by atomic mass is 35.5. The van der Waals surface area contributed by atoms with Crippen LogP contribution in [0.15, 0.2) is 41.8 Å². The van der Waals surface area contributed by atoms with Gasteiger partial charge in [-0.3, -0.25) is 10.1 Å². The van der Waals surface area contributed by atoms with E-state index < -0.39 is 0 Å². The summed E-state index contributed by atoms with van der Waals surface area (Å²) in [6, 6.07) is 10.8. The van der Waals surface area contributed by atoms with Crippen LogP contribution in [-0.2, 0) is 0 Å². The Bertz CT molecular complexity index is 798. The number of carbonyl (C=O) groups excluding carboxylic acids is 1. The Balaban J connectivity index is 1.80. The first-order chi connectivity index (χ1) is 10.1. The molecule has 0 saturated carbocycles. The lowest BCUT2D eigenvalue weighted by Crippen LogP contribution is -2.09. The number of anilines is 1. The molecule has 1 amide bonds. The van der Waals surface area contributed by atoms with E-state index >= 15 is 0 Å². The van der Waals surface area contributed by atoms with Gasteiger partial charge in [0.05, 0.1) is 14.9 Å². The van der Waals surface area contributed by atoms with Gasteiger partial charge in [-0.2, -0.15) is 0 Å². The van der Waals surface area contributed by atoms with E-state index in [1.54, 1.807) is 12.1 Å². The van der Waals surface area contributed by atoms with Crippen molar-refractivity contribution in [3.05, 3.63) is 56.0 Å². The molecule has 3 aromatic rings. The number of nitrogens with one attached hydrogen (secondary N) is 1. The molecular weight excluding hydrogens is 347 g/mol. The first-order valence-corrected chi connectivity index (χ1v) is 8.36. The first-order valence-electron chi connectivity index (χ1n) is 5.90. The molecule has 0 fully saturated rings. The summed E-state index contributed by atoms with van der Waals surface area (Å²) in [7, 11) is 0. The summed E-state index contributed by atoms with van der Waals surface area (Å²) in [4.78, 5) is 17.0. The van der Waals surface area contributed by atoms with Crippen LogP contribution in [0.5, 0.6) is 0 Å². The predicted molar refractivity (Wildman–Crippen MR) is 89.8 cm³/mol. The minimum Gasteiger partial charge on any atom is -0.297 e. The normalized spacial score (nSPS) is 10.6. The lowest BCUT2D eigenvalue weighted by atomic mass is 10.2.